The second-order valence-corrected chi connectivity index (χ2v) is 6.53. The summed E-state index contributed by atoms with van der Waals surface area (Å²) in [7, 11) is 3.14. The summed E-state index contributed by atoms with van der Waals surface area (Å²) < 4.78 is 10.5. The summed E-state index contributed by atoms with van der Waals surface area (Å²) in [5, 5.41) is 2.92. The number of aryl methyl sites for hydroxylation is 1. The van der Waals surface area contributed by atoms with Gasteiger partial charge in [-0.25, -0.2) is 0 Å². The van der Waals surface area contributed by atoms with Gasteiger partial charge in [-0.3, -0.25) is 9.59 Å². The number of nitrogens with one attached hydrogen (secondary N) is 1. The fraction of sp³-hybridized carbons (Fsp3) is 0.333. The molecule has 1 N–H and O–H groups in total. The normalized spacial score (nSPS) is 12.9. The van der Waals surface area contributed by atoms with Crippen LogP contribution in [0.1, 0.15) is 24.5 Å². The molecule has 1 aliphatic rings. The zero-order valence-electron chi connectivity index (χ0n) is 15.9. The van der Waals surface area contributed by atoms with Crippen molar-refractivity contribution in [3.8, 4) is 11.5 Å². The van der Waals surface area contributed by atoms with E-state index < -0.39 is 0 Å². The molecule has 2 aromatic rings. The molecular weight excluding hydrogens is 344 g/mol. The number of ether oxygens (including phenoxy) is 2. The van der Waals surface area contributed by atoms with E-state index in [1.54, 1.807) is 38.2 Å². The molecule has 0 saturated heterocycles. The highest BCUT2D eigenvalue weighted by Gasteiger charge is 2.20. The molecule has 0 bridgehead atoms. The lowest BCUT2D eigenvalue weighted by Crippen LogP contribution is -2.33. The second-order valence-electron chi connectivity index (χ2n) is 6.53. The molecule has 0 radical (unpaired) electrons. The van der Waals surface area contributed by atoms with Gasteiger partial charge in [0.2, 0.25) is 11.8 Å². The molecule has 0 saturated carbocycles. The predicted molar refractivity (Wildman–Crippen MR) is 105 cm³/mol. The topological polar surface area (TPSA) is 67.9 Å². The van der Waals surface area contributed by atoms with E-state index in [9.17, 15) is 9.59 Å². The molecule has 0 atom stereocenters. The monoisotopic (exact) mass is 368 g/mol. The standard InChI is InChI=1S/C21H24N2O4/c1-14(24)23-10-4-5-16-7-8-17(13-18(16)23)22-21(25)12-15-6-9-19(26-2)20(11-15)27-3/h6-9,11,13H,4-5,10,12H2,1-3H3,(H,22,25). The number of hydrogen-bond donors (Lipinski definition) is 1. The fourth-order valence-corrected chi connectivity index (χ4v) is 3.36. The second kappa shape index (κ2) is 8.12. The third-order valence-corrected chi connectivity index (χ3v) is 4.68. The van der Waals surface area contributed by atoms with Crippen LogP contribution in [-0.4, -0.2) is 32.6 Å². The van der Waals surface area contributed by atoms with Crippen LogP contribution in [-0.2, 0) is 22.4 Å². The molecule has 6 heteroatoms. The van der Waals surface area contributed by atoms with Crippen molar-refractivity contribution in [3.63, 3.8) is 0 Å². The Hall–Kier alpha value is -3.02. The van der Waals surface area contributed by atoms with E-state index in [4.69, 9.17) is 9.47 Å². The number of nitrogens with zero attached hydrogens (tertiary/aromatic N) is 1. The minimum atomic E-state index is -0.132. The van der Waals surface area contributed by atoms with Gasteiger partial charge in [-0.1, -0.05) is 12.1 Å². The summed E-state index contributed by atoms with van der Waals surface area (Å²) in [6, 6.07) is 11.2. The highest BCUT2D eigenvalue weighted by Crippen LogP contribution is 2.31. The summed E-state index contributed by atoms with van der Waals surface area (Å²) in [6.45, 7) is 2.28. The van der Waals surface area contributed by atoms with E-state index in [2.05, 4.69) is 5.32 Å². The van der Waals surface area contributed by atoms with Crippen molar-refractivity contribution in [2.75, 3.05) is 31.0 Å². The lowest BCUT2D eigenvalue weighted by molar-refractivity contribution is -0.117. The van der Waals surface area contributed by atoms with Gasteiger partial charge in [-0.05, 0) is 48.2 Å². The first-order chi connectivity index (χ1) is 13.0. The summed E-state index contributed by atoms with van der Waals surface area (Å²) >= 11 is 0. The van der Waals surface area contributed by atoms with Gasteiger partial charge < -0.3 is 19.7 Å². The number of rotatable bonds is 5. The van der Waals surface area contributed by atoms with Crippen LogP contribution in [0.5, 0.6) is 11.5 Å². The van der Waals surface area contributed by atoms with Gasteiger partial charge in [-0.15, -0.1) is 0 Å². The molecule has 1 heterocycles. The first kappa shape index (κ1) is 18.8. The van der Waals surface area contributed by atoms with Crippen molar-refractivity contribution in [1.29, 1.82) is 0 Å². The van der Waals surface area contributed by atoms with Crippen LogP contribution < -0.4 is 19.7 Å². The predicted octanol–water partition coefficient (Wildman–Crippen LogP) is 3.18. The maximum absolute atomic E-state index is 12.5. The van der Waals surface area contributed by atoms with E-state index in [-0.39, 0.29) is 18.2 Å². The molecule has 6 nitrogen and oxygen atoms in total. The van der Waals surface area contributed by atoms with Crippen LogP contribution in [0, 0.1) is 0 Å². The van der Waals surface area contributed by atoms with Crippen LogP contribution in [0.15, 0.2) is 36.4 Å². The molecule has 0 aliphatic carbocycles. The number of amides is 2. The number of fused-ring (bicyclic) bond motifs is 1. The number of hydrogen-bond acceptors (Lipinski definition) is 4. The Kier molecular flexibility index (Phi) is 5.64. The first-order valence-electron chi connectivity index (χ1n) is 8.93. The molecule has 0 fully saturated rings. The van der Waals surface area contributed by atoms with Crippen molar-refractivity contribution < 1.29 is 19.1 Å². The maximum atomic E-state index is 12.5. The van der Waals surface area contributed by atoms with Gasteiger partial charge in [0.1, 0.15) is 0 Å². The lowest BCUT2D eigenvalue weighted by Gasteiger charge is -2.29. The molecule has 0 unspecified atom stereocenters. The summed E-state index contributed by atoms with van der Waals surface area (Å²) in [4.78, 5) is 26.1. The van der Waals surface area contributed by atoms with Crippen molar-refractivity contribution >= 4 is 23.2 Å². The Balaban J connectivity index is 1.73. The highest BCUT2D eigenvalue weighted by molar-refractivity contribution is 5.96. The van der Waals surface area contributed by atoms with Crippen molar-refractivity contribution in [2.24, 2.45) is 0 Å². The number of carbonyl (C=O) groups is 2. The molecular formula is C21H24N2O4. The van der Waals surface area contributed by atoms with Gasteiger partial charge in [0.25, 0.3) is 0 Å². The van der Waals surface area contributed by atoms with E-state index in [1.165, 1.54) is 0 Å². The summed E-state index contributed by atoms with van der Waals surface area (Å²) in [6.07, 6.45) is 2.12. The first-order valence-corrected chi connectivity index (χ1v) is 8.93. The van der Waals surface area contributed by atoms with Crippen molar-refractivity contribution in [2.45, 2.75) is 26.2 Å². The van der Waals surface area contributed by atoms with E-state index >= 15 is 0 Å². The maximum Gasteiger partial charge on any atom is 0.228 e. The fourth-order valence-electron chi connectivity index (χ4n) is 3.36. The zero-order chi connectivity index (χ0) is 19.4. The van der Waals surface area contributed by atoms with Crippen molar-refractivity contribution in [3.05, 3.63) is 47.5 Å². The zero-order valence-corrected chi connectivity index (χ0v) is 15.9. The van der Waals surface area contributed by atoms with E-state index in [1.807, 2.05) is 24.3 Å². The highest BCUT2D eigenvalue weighted by atomic mass is 16.5. The minimum Gasteiger partial charge on any atom is -0.493 e. The van der Waals surface area contributed by atoms with Crippen molar-refractivity contribution in [1.82, 2.24) is 0 Å². The third kappa shape index (κ3) is 4.22. The largest absolute Gasteiger partial charge is 0.493 e. The van der Waals surface area contributed by atoms with Crippen LogP contribution >= 0.6 is 0 Å². The Morgan fingerprint density at radius 1 is 1.07 bits per heavy atom. The molecule has 27 heavy (non-hydrogen) atoms. The van der Waals surface area contributed by atoms with Gasteiger partial charge in [-0.2, -0.15) is 0 Å². The van der Waals surface area contributed by atoms with Crippen LogP contribution in [0.25, 0.3) is 0 Å². The lowest BCUT2D eigenvalue weighted by atomic mass is 10.0. The van der Waals surface area contributed by atoms with Gasteiger partial charge >= 0.3 is 0 Å². The van der Waals surface area contributed by atoms with E-state index in [0.29, 0.717) is 23.7 Å². The third-order valence-electron chi connectivity index (χ3n) is 4.68. The Morgan fingerprint density at radius 3 is 2.56 bits per heavy atom. The average Bonchev–Trinajstić information content (AvgIpc) is 2.67. The Labute approximate surface area is 159 Å². The number of benzene rings is 2. The number of methoxy groups -OCH3 is 2. The van der Waals surface area contributed by atoms with Crippen LogP contribution in [0.3, 0.4) is 0 Å². The molecule has 1 aliphatic heterocycles. The summed E-state index contributed by atoms with van der Waals surface area (Å²) in [5.41, 5.74) is 3.54. The summed E-state index contributed by atoms with van der Waals surface area (Å²) in [5.74, 6) is 1.10. The molecule has 0 aromatic heterocycles. The Bertz CT molecular complexity index is 863. The molecule has 0 spiro atoms. The number of carbonyl (C=O) groups excluding carboxylic acids is 2. The molecule has 2 aromatic carbocycles. The van der Waals surface area contributed by atoms with Crippen LogP contribution in [0.4, 0.5) is 11.4 Å². The van der Waals surface area contributed by atoms with Gasteiger partial charge in [0.05, 0.1) is 20.6 Å². The van der Waals surface area contributed by atoms with Crippen LogP contribution in [0.2, 0.25) is 0 Å². The average molecular weight is 368 g/mol. The molecule has 142 valence electrons. The quantitative estimate of drug-likeness (QED) is 0.880. The smallest absolute Gasteiger partial charge is 0.228 e. The SMILES string of the molecule is COc1ccc(CC(=O)Nc2ccc3c(c2)N(C(C)=O)CCC3)cc1OC. The molecule has 2 amide bonds. The minimum absolute atomic E-state index is 0.0183. The van der Waals surface area contributed by atoms with Gasteiger partial charge in [0, 0.05) is 24.8 Å². The van der Waals surface area contributed by atoms with E-state index in [0.717, 1.165) is 29.7 Å². The number of anilines is 2. The van der Waals surface area contributed by atoms with Gasteiger partial charge in [0.15, 0.2) is 11.5 Å². The molecule has 3 rings (SSSR count). The Morgan fingerprint density at radius 2 is 1.85 bits per heavy atom.